The highest BCUT2D eigenvalue weighted by atomic mass is 16.7. The van der Waals surface area contributed by atoms with Crippen molar-refractivity contribution in [2.75, 3.05) is 19.8 Å². The number of carbonyl (C=O) groups is 1. The number of unbranched alkanes of at least 4 members (excludes halogenated alkanes) is 31. The Morgan fingerprint density at radius 3 is 1.29 bits per heavy atom. The molecule has 14 nitrogen and oxygen atoms in total. The van der Waals surface area contributed by atoms with Crippen LogP contribution in [0.5, 0.6) is 0 Å². The Kier molecular flexibility index (Phi) is 49.0. The molecule has 0 radical (unpaired) electrons. The summed E-state index contributed by atoms with van der Waals surface area (Å²) in [4.78, 5) is 13.3. The average molecular weight is 1160 g/mol. The van der Waals surface area contributed by atoms with Gasteiger partial charge in [-0.3, -0.25) is 4.79 Å². The summed E-state index contributed by atoms with van der Waals surface area (Å²) in [5, 5.41) is 87.5. The molecule has 2 rings (SSSR count). The number of allylic oxidation sites excluding steroid dienone is 10. The molecule has 0 aromatic heterocycles. The molecule has 9 N–H and O–H groups in total. The molecule has 2 saturated heterocycles. The summed E-state index contributed by atoms with van der Waals surface area (Å²) in [7, 11) is 0. The lowest BCUT2D eigenvalue weighted by atomic mass is 9.97. The summed E-state index contributed by atoms with van der Waals surface area (Å²) in [6, 6.07) is -0.832. The van der Waals surface area contributed by atoms with Crippen LogP contribution in [-0.2, 0) is 23.7 Å². The number of aliphatic hydroxyl groups excluding tert-OH is 8. The van der Waals surface area contributed by atoms with Crippen LogP contribution in [0.1, 0.15) is 271 Å². The minimum atomic E-state index is -1.78. The predicted molar refractivity (Wildman–Crippen MR) is 332 cm³/mol. The lowest BCUT2D eigenvalue weighted by Gasteiger charge is -2.46. The first-order valence-corrected chi connectivity index (χ1v) is 33.5. The van der Waals surface area contributed by atoms with Crippen molar-refractivity contribution in [1.29, 1.82) is 0 Å². The van der Waals surface area contributed by atoms with Crippen LogP contribution in [0, 0.1) is 0 Å². The second-order valence-corrected chi connectivity index (χ2v) is 23.6. The number of hydrogen-bond acceptors (Lipinski definition) is 13. The van der Waals surface area contributed by atoms with Crippen molar-refractivity contribution >= 4 is 5.91 Å². The molecular weight excluding hydrogens is 1040 g/mol. The first-order chi connectivity index (χ1) is 40.1. The van der Waals surface area contributed by atoms with Gasteiger partial charge in [0, 0.05) is 6.42 Å². The topological polar surface area (TPSA) is 228 Å². The zero-order valence-corrected chi connectivity index (χ0v) is 51.7. The number of aliphatic hydroxyl groups is 8. The zero-order chi connectivity index (χ0) is 59.5. The Morgan fingerprint density at radius 2 is 0.841 bits per heavy atom. The fourth-order valence-corrected chi connectivity index (χ4v) is 10.9. The van der Waals surface area contributed by atoms with Gasteiger partial charge >= 0.3 is 0 Å². The van der Waals surface area contributed by atoms with Gasteiger partial charge in [0.1, 0.15) is 48.8 Å². The smallest absolute Gasteiger partial charge is 0.220 e. The van der Waals surface area contributed by atoms with Crippen LogP contribution in [0.2, 0.25) is 0 Å². The molecule has 1 amide bonds. The molecule has 478 valence electrons. The van der Waals surface area contributed by atoms with Gasteiger partial charge in [-0.05, 0) is 57.8 Å². The molecule has 12 unspecified atom stereocenters. The molecule has 2 heterocycles. The maximum atomic E-state index is 13.3. The van der Waals surface area contributed by atoms with E-state index in [0.29, 0.717) is 12.8 Å². The van der Waals surface area contributed by atoms with Gasteiger partial charge in [-0.15, -0.1) is 0 Å². The molecule has 0 saturated carbocycles. The van der Waals surface area contributed by atoms with Crippen LogP contribution in [0.3, 0.4) is 0 Å². The van der Waals surface area contributed by atoms with E-state index in [0.717, 1.165) is 83.5 Å². The van der Waals surface area contributed by atoms with Crippen LogP contribution in [0.4, 0.5) is 0 Å². The maximum Gasteiger partial charge on any atom is 0.220 e. The Balaban J connectivity index is 1.68. The molecule has 82 heavy (non-hydrogen) atoms. The molecule has 2 fully saturated rings. The van der Waals surface area contributed by atoms with E-state index in [1.165, 1.54) is 161 Å². The Hall–Kier alpha value is -2.31. The number of nitrogens with one attached hydrogen (secondary N) is 1. The molecule has 0 aliphatic carbocycles. The predicted octanol–water partition coefficient (Wildman–Crippen LogP) is 12.9. The number of rotatable bonds is 54. The summed E-state index contributed by atoms with van der Waals surface area (Å²) >= 11 is 0. The van der Waals surface area contributed by atoms with Gasteiger partial charge in [-0.2, -0.15) is 0 Å². The van der Waals surface area contributed by atoms with Crippen molar-refractivity contribution in [3.63, 3.8) is 0 Å². The van der Waals surface area contributed by atoms with Crippen molar-refractivity contribution in [2.24, 2.45) is 0 Å². The fourth-order valence-electron chi connectivity index (χ4n) is 10.9. The van der Waals surface area contributed by atoms with Gasteiger partial charge in [-0.25, -0.2) is 0 Å². The van der Waals surface area contributed by atoms with Gasteiger partial charge < -0.3 is 65.1 Å². The van der Waals surface area contributed by atoms with Gasteiger partial charge in [0.15, 0.2) is 12.6 Å². The van der Waals surface area contributed by atoms with E-state index in [1.807, 2.05) is 0 Å². The minimum Gasteiger partial charge on any atom is -0.394 e. The molecule has 14 heteroatoms. The monoisotopic (exact) mass is 1160 g/mol. The van der Waals surface area contributed by atoms with Crippen molar-refractivity contribution in [3.05, 3.63) is 60.8 Å². The summed E-state index contributed by atoms with van der Waals surface area (Å²) in [5.41, 5.74) is 0. The highest BCUT2D eigenvalue weighted by molar-refractivity contribution is 5.76. The molecular formula is C68H123NO13. The Labute approximate surface area is 498 Å². The first kappa shape index (κ1) is 75.8. The second kappa shape index (κ2) is 53.0. The Morgan fingerprint density at radius 1 is 0.451 bits per heavy atom. The SMILES string of the molecule is CC/C=C\C/C=C\C/C=C\C/C=C\C/C=C\CCCCCCCCCCCCCCCC(=O)NC(COC1OC(CO)C(OC2OC(CO)C(O)C(O)C2O)C(O)C1O)C(O)CCCCCCCCCCCCCCCCCCCCC. The van der Waals surface area contributed by atoms with Crippen LogP contribution < -0.4 is 5.32 Å². The van der Waals surface area contributed by atoms with Crippen LogP contribution in [0.15, 0.2) is 60.8 Å². The average Bonchev–Trinajstić information content (AvgIpc) is 3.65. The number of ether oxygens (including phenoxy) is 4. The highest BCUT2D eigenvalue weighted by Gasteiger charge is 2.51. The maximum absolute atomic E-state index is 13.3. The van der Waals surface area contributed by atoms with E-state index in [2.05, 4.69) is 79.9 Å². The highest BCUT2D eigenvalue weighted by Crippen LogP contribution is 2.30. The third kappa shape index (κ3) is 37.3. The quantitative estimate of drug-likeness (QED) is 0.0204. The minimum absolute atomic E-state index is 0.207. The summed E-state index contributed by atoms with van der Waals surface area (Å²) in [5.74, 6) is -0.207. The zero-order valence-electron chi connectivity index (χ0n) is 51.7. The van der Waals surface area contributed by atoms with E-state index in [9.17, 15) is 45.6 Å². The van der Waals surface area contributed by atoms with Gasteiger partial charge in [-0.1, -0.05) is 267 Å². The molecule has 0 aromatic rings. The summed E-state index contributed by atoms with van der Waals surface area (Å²) in [6.45, 7) is 2.77. The fraction of sp³-hybridized carbons (Fsp3) is 0.838. The van der Waals surface area contributed by atoms with Gasteiger partial charge in [0.25, 0.3) is 0 Å². The largest absolute Gasteiger partial charge is 0.394 e. The molecule has 0 bridgehead atoms. The van der Waals surface area contributed by atoms with E-state index < -0.39 is 86.8 Å². The third-order valence-corrected chi connectivity index (χ3v) is 16.2. The van der Waals surface area contributed by atoms with E-state index in [1.54, 1.807) is 0 Å². The van der Waals surface area contributed by atoms with E-state index in [4.69, 9.17) is 18.9 Å². The molecule has 0 aromatic carbocycles. The van der Waals surface area contributed by atoms with Crippen molar-refractivity contribution in [3.8, 4) is 0 Å². The van der Waals surface area contributed by atoms with Crippen molar-refractivity contribution in [1.82, 2.24) is 5.32 Å². The standard InChI is InChI=1S/C68H123NO13/c1-3-5-7-9-11-13-15-17-19-21-23-24-25-26-27-28-29-30-31-32-34-36-38-40-42-44-46-48-50-52-60(73)69-56(57(72)51-49-47-45-43-41-39-37-35-33-22-20-18-16-14-12-10-8-6-4-2)55-79-67-65(78)63(76)66(59(54-71)81-67)82-68-64(77)62(75)61(74)58(53-70)80-68/h5,7,11,13,17,19,23-24,26-27,56-59,61-68,70-72,74-78H,3-4,6,8-10,12,14-16,18,20-22,25,28-55H2,1-2H3,(H,69,73)/b7-5-,13-11-,19-17-,24-23-,27-26-. The lowest BCUT2D eigenvalue weighted by Crippen LogP contribution is -2.65. The summed E-state index contributed by atoms with van der Waals surface area (Å²) in [6.07, 6.45) is 52.2. The molecule has 2 aliphatic heterocycles. The number of carbonyl (C=O) groups excluding carboxylic acids is 1. The second-order valence-electron chi connectivity index (χ2n) is 23.6. The number of amides is 1. The summed E-state index contributed by atoms with van der Waals surface area (Å²) < 4.78 is 22.9. The number of hydrogen-bond donors (Lipinski definition) is 9. The van der Waals surface area contributed by atoms with Gasteiger partial charge in [0.2, 0.25) is 5.91 Å². The van der Waals surface area contributed by atoms with Crippen LogP contribution in [-0.4, -0.2) is 140 Å². The lowest BCUT2D eigenvalue weighted by molar-refractivity contribution is -0.359. The van der Waals surface area contributed by atoms with E-state index >= 15 is 0 Å². The normalized spacial score (nSPS) is 24.3. The molecule has 2 aliphatic rings. The van der Waals surface area contributed by atoms with Crippen LogP contribution in [0.25, 0.3) is 0 Å². The molecule has 12 atom stereocenters. The van der Waals surface area contributed by atoms with E-state index in [-0.39, 0.29) is 12.5 Å². The third-order valence-electron chi connectivity index (χ3n) is 16.2. The molecule has 0 spiro atoms. The first-order valence-electron chi connectivity index (χ1n) is 33.5. The Bertz CT molecular complexity index is 1610. The van der Waals surface area contributed by atoms with Crippen molar-refractivity contribution < 1.29 is 64.6 Å². The van der Waals surface area contributed by atoms with Crippen molar-refractivity contribution in [2.45, 2.75) is 344 Å². The van der Waals surface area contributed by atoms with Crippen LogP contribution >= 0.6 is 0 Å². The van der Waals surface area contributed by atoms with Gasteiger partial charge in [0.05, 0.1) is 32.0 Å².